The van der Waals surface area contributed by atoms with Gasteiger partial charge in [-0.05, 0) is 19.3 Å². The van der Waals surface area contributed by atoms with Crippen LogP contribution >= 0.6 is 0 Å². The van der Waals surface area contributed by atoms with Crippen molar-refractivity contribution in [3.63, 3.8) is 0 Å². The molecule has 0 aliphatic heterocycles. The second-order valence-electron chi connectivity index (χ2n) is 3.85. The highest BCUT2D eigenvalue weighted by molar-refractivity contribution is 5.86. The number of hydrogen-bond acceptors (Lipinski definition) is 4. The van der Waals surface area contributed by atoms with Gasteiger partial charge in [0.25, 0.3) is 5.56 Å². The average Bonchev–Trinajstić information content (AvgIpc) is 2.30. The summed E-state index contributed by atoms with van der Waals surface area (Å²) in [6.07, 6.45) is 3.54. The quantitative estimate of drug-likeness (QED) is 0.671. The Labute approximate surface area is 103 Å². The zero-order valence-electron chi connectivity index (χ0n) is 10.1. The number of ether oxygens (including phenoxy) is 1. The first kappa shape index (κ1) is 14.2. The van der Waals surface area contributed by atoms with Crippen molar-refractivity contribution in [3.05, 3.63) is 32.6 Å². The summed E-state index contributed by atoms with van der Waals surface area (Å²) in [5.41, 5.74) is -1.88. The zero-order chi connectivity index (χ0) is 13.5. The van der Waals surface area contributed by atoms with Crippen molar-refractivity contribution < 1.29 is 14.6 Å². The van der Waals surface area contributed by atoms with Gasteiger partial charge in [0.05, 0.1) is 0 Å². The molecular weight excluding hydrogens is 240 g/mol. The van der Waals surface area contributed by atoms with E-state index in [1.54, 1.807) is 7.11 Å². The van der Waals surface area contributed by atoms with Crippen molar-refractivity contribution in [2.75, 3.05) is 13.7 Å². The van der Waals surface area contributed by atoms with Crippen LogP contribution in [0.4, 0.5) is 0 Å². The van der Waals surface area contributed by atoms with Crippen LogP contribution < -0.4 is 11.2 Å². The van der Waals surface area contributed by atoms with Gasteiger partial charge in [0.2, 0.25) is 0 Å². The molecule has 0 atom stereocenters. The van der Waals surface area contributed by atoms with Crippen molar-refractivity contribution >= 4 is 5.97 Å². The van der Waals surface area contributed by atoms with E-state index in [2.05, 4.69) is 0 Å². The van der Waals surface area contributed by atoms with Crippen molar-refractivity contribution in [1.29, 1.82) is 0 Å². The van der Waals surface area contributed by atoms with E-state index in [9.17, 15) is 14.4 Å². The van der Waals surface area contributed by atoms with Crippen LogP contribution in [-0.2, 0) is 11.3 Å². The molecule has 1 aromatic heterocycles. The van der Waals surface area contributed by atoms with E-state index in [0.717, 1.165) is 19.0 Å². The molecule has 0 bridgehead atoms. The number of aryl methyl sites for hydroxylation is 1. The van der Waals surface area contributed by atoms with E-state index in [4.69, 9.17) is 9.84 Å². The first-order valence-electron chi connectivity index (χ1n) is 5.62. The lowest BCUT2D eigenvalue weighted by atomic mass is 10.2. The highest BCUT2D eigenvalue weighted by atomic mass is 16.5. The molecule has 0 aliphatic carbocycles. The van der Waals surface area contributed by atoms with Crippen molar-refractivity contribution in [1.82, 2.24) is 9.55 Å². The number of carboxylic acid groups (broad SMARTS) is 1. The summed E-state index contributed by atoms with van der Waals surface area (Å²) >= 11 is 0. The summed E-state index contributed by atoms with van der Waals surface area (Å²) in [6, 6.07) is 0. The fraction of sp³-hybridized carbons (Fsp3) is 0.545. The Morgan fingerprint density at radius 2 is 2.11 bits per heavy atom. The number of hydrogen-bond donors (Lipinski definition) is 2. The van der Waals surface area contributed by atoms with Gasteiger partial charge in [-0.1, -0.05) is 0 Å². The SMILES string of the molecule is COCCCCCn1cc(C(=O)O)c(=O)[nH]c1=O. The Bertz CT molecular complexity index is 517. The Hall–Kier alpha value is -1.89. The topological polar surface area (TPSA) is 101 Å². The van der Waals surface area contributed by atoms with Crippen LogP contribution in [-0.4, -0.2) is 34.3 Å². The van der Waals surface area contributed by atoms with Crippen LogP contribution in [0.25, 0.3) is 0 Å². The van der Waals surface area contributed by atoms with Crippen LogP contribution in [0.15, 0.2) is 15.8 Å². The second-order valence-corrected chi connectivity index (χ2v) is 3.85. The van der Waals surface area contributed by atoms with Gasteiger partial charge in [-0.2, -0.15) is 0 Å². The number of carbonyl (C=O) groups is 1. The molecule has 18 heavy (non-hydrogen) atoms. The number of rotatable bonds is 7. The number of aromatic nitrogens is 2. The molecule has 7 heteroatoms. The summed E-state index contributed by atoms with van der Waals surface area (Å²) in [6.45, 7) is 1.03. The summed E-state index contributed by atoms with van der Waals surface area (Å²) in [7, 11) is 1.62. The van der Waals surface area contributed by atoms with Crippen molar-refractivity contribution in [3.8, 4) is 0 Å². The maximum atomic E-state index is 11.4. The van der Waals surface area contributed by atoms with E-state index in [-0.39, 0.29) is 0 Å². The lowest BCUT2D eigenvalue weighted by molar-refractivity contribution is 0.0693. The number of nitrogens with one attached hydrogen (secondary N) is 1. The third-order valence-electron chi connectivity index (χ3n) is 2.49. The fourth-order valence-corrected chi connectivity index (χ4v) is 1.53. The Balaban J connectivity index is 2.71. The largest absolute Gasteiger partial charge is 0.477 e. The van der Waals surface area contributed by atoms with Gasteiger partial charge in [-0.15, -0.1) is 0 Å². The van der Waals surface area contributed by atoms with Crippen LogP contribution in [0.1, 0.15) is 29.6 Å². The maximum absolute atomic E-state index is 11.4. The third kappa shape index (κ3) is 3.85. The van der Waals surface area contributed by atoms with Gasteiger partial charge in [0.1, 0.15) is 5.56 Å². The molecule has 0 aliphatic rings. The number of methoxy groups -OCH3 is 1. The number of carboxylic acids is 1. The van der Waals surface area contributed by atoms with Crippen LogP contribution in [0, 0.1) is 0 Å². The third-order valence-corrected chi connectivity index (χ3v) is 2.49. The number of aromatic amines is 1. The first-order valence-corrected chi connectivity index (χ1v) is 5.62. The smallest absolute Gasteiger partial charge is 0.342 e. The monoisotopic (exact) mass is 256 g/mol. The van der Waals surface area contributed by atoms with E-state index in [1.165, 1.54) is 4.57 Å². The molecule has 100 valence electrons. The highest BCUT2D eigenvalue weighted by Gasteiger charge is 2.10. The maximum Gasteiger partial charge on any atom is 0.342 e. The van der Waals surface area contributed by atoms with E-state index < -0.39 is 22.8 Å². The Morgan fingerprint density at radius 3 is 2.72 bits per heavy atom. The molecule has 1 rings (SSSR count). The Kier molecular flexibility index (Phi) is 5.31. The van der Waals surface area contributed by atoms with Gasteiger partial charge >= 0.3 is 11.7 Å². The molecule has 0 amide bonds. The molecule has 7 nitrogen and oxygen atoms in total. The first-order chi connectivity index (χ1) is 8.56. The van der Waals surface area contributed by atoms with Gasteiger partial charge in [-0.3, -0.25) is 14.3 Å². The number of nitrogens with zero attached hydrogens (tertiary/aromatic N) is 1. The van der Waals surface area contributed by atoms with Crippen LogP contribution in [0.5, 0.6) is 0 Å². The molecule has 1 aromatic rings. The van der Waals surface area contributed by atoms with E-state index in [1.807, 2.05) is 4.98 Å². The summed E-state index contributed by atoms with van der Waals surface area (Å²) in [4.78, 5) is 35.3. The average molecular weight is 256 g/mol. The number of H-pyrrole nitrogens is 1. The second kappa shape index (κ2) is 6.75. The summed E-state index contributed by atoms with van der Waals surface area (Å²) in [5.74, 6) is -1.34. The van der Waals surface area contributed by atoms with Crippen LogP contribution in [0.3, 0.4) is 0 Å². The normalized spacial score (nSPS) is 10.5. The minimum Gasteiger partial charge on any atom is -0.477 e. The zero-order valence-corrected chi connectivity index (χ0v) is 10.1. The lowest BCUT2D eigenvalue weighted by Crippen LogP contribution is -2.33. The molecular formula is C11H16N2O5. The Morgan fingerprint density at radius 1 is 1.39 bits per heavy atom. The molecule has 0 aromatic carbocycles. The molecule has 2 N–H and O–H groups in total. The van der Waals surface area contributed by atoms with Crippen LogP contribution in [0.2, 0.25) is 0 Å². The lowest BCUT2D eigenvalue weighted by Gasteiger charge is -2.05. The summed E-state index contributed by atoms with van der Waals surface area (Å²) in [5, 5.41) is 8.77. The molecule has 0 radical (unpaired) electrons. The molecule has 0 saturated heterocycles. The minimum absolute atomic E-state index is 0.375. The number of unbranched alkanes of at least 4 members (excludes halogenated alkanes) is 2. The van der Waals surface area contributed by atoms with Gasteiger partial charge < -0.3 is 9.84 Å². The molecule has 0 fully saturated rings. The standard InChI is InChI=1S/C11H16N2O5/c1-18-6-4-2-3-5-13-7-8(10(15)16)9(14)12-11(13)17/h7H,2-6H2,1H3,(H,15,16)(H,12,14,17). The molecule has 0 spiro atoms. The predicted molar refractivity (Wildman–Crippen MR) is 64.0 cm³/mol. The molecule has 0 unspecified atom stereocenters. The predicted octanol–water partition coefficient (Wildman–Crippen LogP) is 0.0515. The fourth-order valence-electron chi connectivity index (χ4n) is 1.53. The number of aromatic carboxylic acids is 1. The van der Waals surface area contributed by atoms with Gasteiger partial charge in [0, 0.05) is 26.5 Å². The van der Waals surface area contributed by atoms with E-state index >= 15 is 0 Å². The van der Waals surface area contributed by atoms with E-state index in [0.29, 0.717) is 19.6 Å². The minimum atomic E-state index is -1.34. The van der Waals surface area contributed by atoms with Crippen molar-refractivity contribution in [2.45, 2.75) is 25.8 Å². The molecule has 0 saturated carbocycles. The van der Waals surface area contributed by atoms with Gasteiger partial charge in [-0.25, -0.2) is 9.59 Å². The van der Waals surface area contributed by atoms with Gasteiger partial charge in [0.15, 0.2) is 0 Å². The highest BCUT2D eigenvalue weighted by Crippen LogP contribution is 1.98. The summed E-state index contributed by atoms with van der Waals surface area (Å²) < 4.78 is 6.10. The molecule has 1 heterocycles. The van der Waals surface area contributed by atoms with Crippen molar-refractivity contribution in [2.24, 2.45) is 0 Å².